The quantitative estimate of drug-likeness (QED) is 0.123. The molecular formula is C67H40. The second kappa shape index (κ2) is 13.7. The molecule has 0 saturated carbocycles. The highest BCUT2D eigenvalue weighted by molar-refractivity contribution is 6.24. The predicted octanol–water partition coefficient (Wildman–Crippen LogP) is 18.0. The van der Waals surface area contributed by atoms with E-state index < -0.39 is 5.41 Å². The number of rotatable bonds is 3. The molecule has 15 rings (SSSR count). The van der Waals surface area contributed by atoms with Crippen LogP contribution in [0.25, 0.3) is 120 Å². The van der Waals surface area contributed by atoms with Crippen LogP contribution in [0.1, 0.15) is 22.3 Å². The van der Waals surface area contributed by atoms with Gasteiger partial charge < -0.3 is 0 Å². The van der Waals surface area contributed by atoms with Gasteiger partial charge in [-0.15, -0.1) is 0 Å². The van der Waals surface area contributed by atoms with Gasteiger partial charge in [-0.25, -0.2) is 0 Å². The smallest absolute Gasteiger partial charge is 0.0619 e. The van der Waals surface area contributed by atoms with E-state index in [0.717, 1.165) is 0 Å². The summed E-state index contributed by atoms with van der Waals surface area (Å²) in [7, 11) is 0. The van der Waals surface area contributed by atoms with Crippen LogP contribution < -0.4 is 0 Å². The topological polar surface area (TPSA) is 0 Å². The van der Waals surface area contributed by atoms with Gasteiger partial charge in [-0.05, 0) is 161 Å². The lowest BCUT2D eigenvalue weighted by molar-refractivity contribution is 0.802. The molecule has 13 aromatic carbocycles. The van der Waals surface area contributed by atoms with Gasteiger partial charge in [0, 0.05) is 0 Å². The molecule has 1 spiro atoms. The van der Waals surface area contributed by atoms with Gasteiger partial charge in [-0.2, -0.15) is 0 Å². The summed E-state index contributed by atoms with van der Waals surface area (Å²) in [5.41, 5.74) is 17.8. The third-order valence-electron chi connectivity index (χ3n) is 15.4. The van der Waals surface area contributed by atoms with E-state index in [1.165, 1.54) is 143 Å². The molecule has 13 aromatic rings. The Labute approximate surface area is 388 Å². The fourth-order valence-corrected chi connectivity index (χ4v) is 12.8. The average molecular weight is 845 g/mol. The van der Waals surface area contributed by atoms with E-state index in [2.05, 4.69) is 243 Å². The van der Waals surface area contributed by atoms with Gasteiger partial charge in [0.2, 0.25) is 0 Å². The van der Waals surface area contributed by atoms with Gasteiger partial charge in [-0.1, -0.05) is 224 Å². The molecule has 0 saturated heterocycles. The van der Waals surface area contributed by atoms with Gasteiger partial charge in [-0.3, -0.25) is 0 Å². The van der Waals surface area contributed by atoms with Crippen molar-refractivity contribution in [1.29, 1.82) is 0 Å². The van der Waals surface area contributed by atoms with Crippen LogP contribution in [0, 0.1) is 0 Å². The van der Waals surface area contributed by atoms with Crippen LogP contribution in [0.5, 0.6) is 0 Å². The Balaban J connectivity index is 0.984. The van der Waals surface area contributed by atoms with E-state index in [4.69, 9.17) is 0 Å². The summed E-state index contributed by atoms with van der Waals surface area (Å²) in [5.74, 6) is 0. The standard InChI is InChI=1S/C67H40/c1-2-18-43-38-47(33-32-41(43)16-1)63-55-28-9-7-26-53(55)62(54-27-8-10-29-56(54)63)46-20-15-19-44(39-46)45-34-36-57-58(40-45)49-22-5-6-25-52(49)65-64-48-21-4-3-17-42(48)35-37-61(64)67(66(57)65)59-30-13-11-23-50(59)51-24-12-14-31-60(51)67/h1-40H. The van der Waals surface area contributed by atoms with Crippen molar-refractivity contribution in [2.45, 2.75) is 5.41 Å². The van der Waals surface area contributed by atoms with E-state index in [-0.39, 0.29) is 0 Å². The molecule has 0 amide bonds. The molecular weight excluding hydrogens is 805 g/mol. The minimum Gasteiger partial charge on any atom is -0.0619 e. The highest BCUT2D eigenvalue weighted by Crippen LogP contribution is 2.66. The molecule has 0 aliphatic heterocycles. The van der Waals surface area contributed by atoms with Crippen LogP contribution in [0.4, 0.5) is 0 Å². The fraction of sp³-hybridized carbons (Fsp3) is 0.0149. The van der Waals surface area contributed by atoms with E-state index in [1.54, 1.807) is 0 Å². The van der Waals surface area contributed by atoms with E-state index >= 15 is 0 Å². The number of benzene rings is 13. The summed E-state index contributed by atoms with van der Waals surface area (Å²) in [6.07, 6.45) is 0. The summed E-state index contributed by atoms with van der Waals surface area (Å²) >= 11 is 0. The zero-order chi connectivity index (χ0) is 43.8. The maximum atomic E-state index is 2.48. The van der Waals surface area contributed by atoms with Gasteiger partial charge in [0.1, 0.15) is 0 Å². The van der Waals surface area contributed by atoms with Crippen molar-refractivity contribution in [2.75, 3.05) is 0 Å². The van der Waals surface area contributed by atoms with Crippen molar-refractivity contribution in [1.82, 2.24) is 0 Å². The molecule has 0 bridgehead atoms. The first-order valence-corrected chi connectivity index (χ1v) is 23.5. The Morgan fingerprint density at radius 1 is 0.209 bits per heavy atom. The Hall–Kier alpha value is -8.58. The zero-order valence-corrected chi connectivity index (χ0v) is 36.6. The zero-order valence-electron chi connectivity index (χ0n) is 36.6. The SMILES string of the molecule is c1cc(-c2ccc3c4c(c5ccccc5c3c2)-c2c(ccc3ccccc23)C42c3ccccc3-c3ccccc32)cc(-c2c3ccccc3c(-c3ccc4ccccc4c3)c3ccccc23)c1. The molecule has 2 aliphatic rings. The summed E-state index contributed by atoms with van der Waals surface area (Å²) in [6, 6.07) is 91.4. The van der Waals surface area contributed by atoms with Crippen molar-refractivity contribution >= 4 is 64.6 Å². The Morgan fingerprint density at radius 3 is 1.36 bits per heavy atom. The van der Waals surface area contributed by atoms with Crippen LogP contribution >= 0.6 is 0 Å². The van der Waals surface area contributed by atoms with Crippen molar-refractivity contribution in [3.05, 3.63) is 265 Å². The molecule has 0 heterocycles. The lowest BCUT2D eigenvalue weighted by Crippen LogP contribution is -2.26. The molecule has 0 fully saturated rings. The van der Waals surface area contributed by atoms with Crippen LogP contribution in [-0.2, 0) is 5.41 Å². The lowest BCUT2D eigenvalue weighted by atomic mass is 9.69. The average Bonchev–Trinajstić information content (AvgIpc) is 3.88. The minimum atomic E-state index is -0.479. The Kier molecular flexibility index (Phi) is 7.52. The van der Waals surface area contributed by atoms with Crippen LogP contribution in [0.15, 0.2) is 243 Å². The molecule has 0 atom stereocenters. The Bertz CT molecular complexity index is 4180. The number of hydrogen-bond acceptors (Lipinski definition) is 0. The third kappa shape index (κ3) is 4.92. The van der Waals surface area contributed by atoms with Gasteiger partial charge in [0.25, 0.3) is 0 Å². The first-order valence-electron chi connectivity index (χ1n) is 23.5. The number of fused-ring (bicyclic) bond motifs is 20. The van der Waals surface area contributed by atoms with Crippen molar-refractivity contribution in [2.24, 2.45) is 0 Å². The second-order valence-corrected chi connectivity index (χ2v) is 18.6. The van der Waals surface area contributed by atoms with E-state index in [9.17, 15) is 0 Å². The molecule has 0 N–H and O–H groups in total. The monoisotopic (exact) mass is 844 g/mol. The van der Waals surface area contributed by atoms with Gasteiger partial charge in [0.05, 0.1) is 5.41 Å². The first kappa shape index (κ1) is 36.7. The maximum Gasteiger partial charge on any atom is 0.0732 e. The molecule has 0 unspecified atom stereocenters. The fourth-order valence-electron chi connectivity index (χ4n) is 12.8. The van der Waals surface area contributed by atoms with Crippen LogP contribution in [0.3, 0.4) is 0 Å². The van der Waals surface area contributed by atoms with Gasteiger partial charge >= 0.3 is 0 Å². The highest BCUT2D eigenvalue weighted by Gasteiger charge is 2.53. The van der Waals surface area contributed by atoms with E-state index in [0.29, 0.717) is 0 Å². The van der Waals surface area contributed by atoms with Crippen LogP contribution in [-0.4, -0.2) is 0 Å². The first-order chi connectivity index (χ1) is 33.3. The molecule has 0 nitrogen and oxygen atoms in total. The van der Waals surface area contributed by atoms with Crippen molar-refractivity contribution in [3.8, 4) is 55.6 Å². The normalized spacial score (nSPS) is 13.2. The molecule has 67 heavy (non-hydrogen) atoms. The maximum absolute atomic E-state index is 2.48. The summed E-state index contributed by atoms with van der Waals surface area (Å²) in [6.45, 7) is 0. The molecule has 308 valence electrons. The summed E-state index contributed by atoms with van der Waals surface area (Å²) in [5, 5.41) is 15.3. The number of hydrogen-bond donors (Lipinski definition) is 0. The molecule has 0 heteroatoms. The molecule has 0 aromatic heterocycles. The minimum absolute atomic E-state index is 0.479. The summed E-state index contributed by atoms with van der Waals surface area (Å²) in [4.78, 5) is 0. The third-order valence-corrected chi connectivity index (χ3v) is 15.4. The van der Waals surface area contributed by atoms with Crippen molar-refractivity contribution in [3.63, 3.8) is 0 Å². The highest BCUT2D eigenvalue weighted by atomic mass is 14.5. The largest absolute Gasteiger partial charge is 0.0732 e. The predicted molar refractivity (Wildman–Crippen MR) is 284 cm³/mol. The van der Waals surface area contributed by atoms with Crippen LogP contribution in [0.2, 0.25) is 0 Å². The lowest BCUT2D eigenvalue weighted by Gasteiger charge is -2.32. The van der Waals surface area contributed by atoms with Gasteiger partial charge in [0.15, 0.2) is 0 Å². The summed E-state index contributed by atoms with van der Waals surface area (Å²) < 4.78 is 0. The molecule has 0 radical (unpaired) electrons. The second-order valence-electron chi connectivity index (χ2n) is 18.6. The van der Waals surface area contributed by atoms with E-state index in [1.807, 2.05) is 0 Å². The van der Waals surface area contributed by atoms with Crippen molar-refractivity contribution < 1.29 is 0 Å². The molecule has 2 aliphatic carbocycles. The Morgan fingerprint density at radius 2 is 0.687 bits per heavy atom.